The normalized spacial score (nSPS) is 19.7. The molecule has 0 aliphatic carbocycles. The highest BCUT2D eigenvalue weighted by molar-refractivity contribution is 6.61. The molecule has 0 saturated heterocycles. The summed E-state index contributed by atoms with van der Waals surface area (Å²) < 4.78 is 0. The van der Waals surface area contributed by atoms with Crippen molar-refractivity contribution in [1.29, 1.82) is 0 Å². The Balaban J connectivity index is 3.44. The van der Waals surface area contributed by atoms with Gasteiger partial charge in [0.05, 0.1) is 0 Å². The van der Waals surface area contributed by atoms with Gasteiger partial charge in [-0.05, 0) is 0 Å². The summed E-state index contributed by atoms with van der Waals surface area (Å²) in [7, 11) is 0.664. The Kier molecular flexibility index (Phi) is 5.55. The van der Waals surface area contributed by atoms with Crippen LogP contribution in [0.1, 0.15) is 0 Å². The maximum atomic E-state index is 12.5. The Labute approximate surface area is 115 Å². The largest absolute Gasteiger partial charge is 0.289 e. The van der Waals surface area contributed by atoms with Crippen LogP contribution in [0.5, 0.6) is 0 Å². The van der Waals surface area contributed by atoms with Gasteiger partial charge in [-0.2, -0.15) is 0 Å². The van der Waals surface area contributed by atoms with Crippen LogP contribution in [-0.2, 0) is 4.79 Å². The van der Waals surface area contributed by atoms with E-state index >= 15 is 0 Å². The zero-order valence-corrected chi connectivity index (χ0v) is 11.1. The second-order valence-electron chi connectivity index (χ2n) is 3.99. The lowest BCUT2D eigenvalue weighted by Gasteiger charge is -2.19. The fourth-order valence-electron chi connectivity index (χ4n) is 1.95. The first-order valence-electron chi connectivity index (χ1n) is 6.03. The monoisotopic (exact) mass is 248 g/mol. The van der Waals surface area contributed by atoms with E-state index in [-0.39, 0.29) is 5.78 Å². The van der Waals surface area contributed by atoms with Gasteiger partial charge < -0.3 is 0 Å². The lowest BCUT2D eigenvalue weighted by molar-refractivity contribution is -0.111. The van der Waals surface area contributed by atoms with Crippen molar-refractivity contribution >= 4 is 13.1 Å². The Morgan fingerprint density at radius 2 is 1.63 bits per heavy atom. The fraction of sp³-hybridized carbons (Fsp3) is 0. The van der Waals surface area contributed by atoms with Gasteiger partial charge in [0, 0.05) is 11.1 Å². The zero-order chi connectivity index (χ0) is 14.3. The van der Waals surface area contributed by atoms with Gasteiger partial charge in [0.15, 0.2) is 13.1 Å². The first-order valence-corrected chi connectivity index (χ1v) is 6.03. The quantitative estimate of drug-likeness (QED) is 0.414. The summed E-state index contributed by atoms with van der Waals surface area (Å²) >= 11 is 0. The van der Waals surface area contributed by atoms with Gasteiger partial charge in [0.25, 0.3) is 0 Å². The average Bonchev–Trinajstić information content (AvgIpc) is 2.41. The highest BCUT2D eigenvalue weighted by Gasteiger charge is 2.25. The molecule has 1 rings (SSSR count). The molecule has 94 valence electrons. The van der Waals surface area contributed by atoms with Crippen molar-refractivity contribution in [1.82, 2.24) is 0 Å². The molecule has 0 atom stereocenters. The topological polar surface area (TPSA) is 17.1 Å². The second-order valence-corrected chi connectivity index (χ2v) is 3.99. The van der Waals surface area contributed by atoms with Crippen LogP contribution in [0.15, 0.2) is 97.0 Å². The molecule has 1 aliphatic rings. The maximum Gasteiger partial charge on any atom is 0.194 e. The molecule has 0 radical (unpaired) electrons. The number of rotatable bonds is 5. The minimum Gasteiger partial charge on any atom is -0.289 e. The SMILES string of the molecule is C=C/C=C\C1=C(C=C)BC(=C/C=C)/C(=C\C=C)C1=O. The first kappa shape index (κ1) is 14.7. The molecule has 19 heavy (non-hydrogen) atoms. The van der Waals surface area contributed by atoms with Gasteiger partial charge in [-0.25, -0.2) is 0 Å². The summed E-state index contributed by atoms with van der Waals surface area (Å²) in [6, 6.07) is 0. The standard InChI is InChI=1S/C17H17BO/c1-5-9-12-14-15(8-4)18-16(11-7-3)13(10-6-2)17(14)19/h5-12,18H,1-4H2/b12-9-,13-10+,16-11+. The molecule has 1 aliphatic heterocycles. The van der Waals surface area contributed by atoms with Crippen molar-refractivity contribution in [2.45, 2.75) is 0 Å². The van der Waals surface area contributed by atoms with E-state index in [0.29, 0.717) is 18.4 Å². The van der Waals surface area contributed by atoms with Crippen LogP contribution in [-0.4, -0.2) is 13.1 Å². The Morgan fingerprint density at radius 3 is 2.16 bits per heavy atom. The van der Waals surface area contributed by atoms with Gasteiger partial charge in [-0.3, -0.25) is 4.79 Å². The molecule has 2 heteroatoms. The van der Waals surface area contributed by atoms with Crippen LogP contribution in [0.2, 0.25) is 0 Å². The van der Waals surface area contributed by atoms with Crippen LogP contribution in [0.25, 0.3) is 0 Å². The average molecular weight is 248 g/mol. The lowest BCUT2D eigenvalue weighted by atomic mass is 9.54. The molecule has 0 amide bonds. The Bertz CT molecular complexity index is 554. The van der Waals surface area contributed by atoms with E-state index in [1.165, 1.54) is 0 Å². The predicted molar refractivity (Wildman–Crippen MR) is 85.3 cm³/mol. The third-order valence-electron chi connectivity index (χ3n) is 2.81. The predicted octanol–water partition coefficient (Wildman–Crippen LogP) is 3.37. The molecule has 0 fully saturated rings. The number of carbonyl (C=O) groups excluding carboxylic acids is 1. The number of hydrogen-bond acceptors (Lipinski definition) is 1. The Morgan fingerprint density at radius 1 is 0.947 bits per heavy atom. The molecule has 0 bridgehead atoms. The smallest absolute Gasteiger partial charge is 0.194 e. The summed E-state index contributed by atoms with van der Waals surface area (Å²) in [5.41, 5.74) is 3.16. The molecular weight excluding hydrogens is 231 g/mol. The molecular formula is C17H17BO. The molecule has 0 N–H and O–H groups in total. The third kappa shape index (κ3) is 3.32. The van der Waals surface area contributed by atoms with E-state index in [2.05, 4.69) is 26.3 Å². The molecule has 0 aromatic carbocycles. The third-order valence-corrected chi connectivity index (χ3v) is 2.81. The van der Waals surface area contributed by atoms with Crippen molar-refractivity contribution in [3.8, 4) is 0 Å². The van der Waals surface area contributed by atoms with Gasteiger partial charge >= 0.3 is 0 Å². The molecule has 1 heterocycles. The maximum absolute atomic E-state index is 12.5. The summed E-state index contributed by atoms with van der Waals surface area (Å²) in [6.45, 7) is 14.7. The van der Waals surface area contributed by atoms with Gasteiger partial charge in [-0.15, -0.1) is 0 Å². The number of Topliss-reactive ketones (excluding diaryl/α,β-unsaturated/α-hetero) is 1. The van der Waals surface area contributed by atoms with Gasteiger partial charge in [-0.1, -0.05) is 85.9 Å². The van der Waals surface area contributed by atoms with Crippen LogP contribution in [0.3, 0.4) is 0 Å². The van der Waals surface area contributed by atoms with Crippen molar-refractivity contribution in [2.24, 2.45) is 0 Å². The van der Waals surface area contributed by atoms with E-state index < -0.39 is 0 Å². The number of allylic oxidation sites excluding steroid dienone is 12. The van der Waals surface area contributed by atoms with Crippen LogP contribution in [0.4, 0.5) is 0 Å². The van der Waals surface area contributed by atoms with E-state index in [0.717, 1.165) is 10.9 Å². The van der Waals surface area contributed by atoms with E-state index in [9.17, 15) is 4.79 Å². The molecule has 0 aromatic heterocycles. The number of carbonyl (C=O) groups is 1. The van der Waals surface area contributed by atoms with Crippen molar-refractivity contribution < 1.29 is 4.79 Å². The lowest BCUT2D eigenvalue weighted by Crippen LogP contribution is -2.21. The fourth-order valence-corrected chi connectivity index (χ4v) is 1.95. The van der Waals surface area contributed by atoms with Crippen molar-refractivity contribution in [3.63, 3.8) is 0 Å². The second kappa shape index (κ2) is 7.17. The van der Waals surface area contributed by atoms with Crippen LogP contribution >= 0.6 is 0 Å². The highest BCUT2D eigenvalue weighted by Crippen LogP contribution is 2.26. The van der Waals surface area contributed by atoms with Crippen molar-refractivity contribution in [3.05, 3.63) is 97.0 Å². The van der Waals surface area contributed by atoms with Crippen molar-refractivity contribution in [2.75, 3.05) is 0 Å². The molecule has 0 unspecified atom stereocenters. The van der Waals surface area contributed by atoms with Gasteiger partial charge in [0.2, 0.25) is 0 Å². The minimum atomic E-state index is -0.0211. The summed E-state index contributed by atoms with van der Waals surface area (Å²) in [5, 5.41) is 0. The summed E-state index contributed by atoms with van der Waals surface area (Å²) in [5.74, 6) is -0.0211. The number of hydrogen-bond donors (Lipinski definition) is 0. The van der Waals surface area contributed by atoms with E-state index in [4.69, 9.17) is 0 Å². The molecule has 1 nitrogen and oxygen atoms in total. The van der Waals surface area contributed by atoms with E-state index in [1.807, 2.05) is 6.08 Å². The summed E-state index contributed by atoms with van der Waals surface area (Å²) in [4.78, 5) is 12.5. The molecule has 0 spiro atoms. The van der Waals surface area contributed by atoms with Crippen LogP contribution in [0, 0.1) is 0 Å². The van der Waals surface area contributed by atoms with Crippen LogP contribution < -0.4 is 0 Å². The summed E-state index contributed by atoms with van der Waals surface area (Å²) in [6.07, 6.45) is 13.8. The minimum absolute atomic E-state index is 0.0211. The number of ketones is 1. The molecule has 0 saturated carbocycles. The highest BCUT2D eigenvalue weighted by atomic mass is 16.1. The zero-order valence-electron chi connectivity index (χ0n) is 11.1. The van der Waals surface area contributed by atoms with Gasteiger partial charge in [0.1, 0.15) is 0 Å². The Hall–Kier alpha value is -2.35. The van der Waals surface area contributed by atoms with E-state index in [1.54, 1.807) is 42.5 Å². The molecule has 0 aromatic rings. The first-order chi connectivity index (χ1) is 9.19.